The number of hydrogen-bond acceptors (Lipinski definition) is 7. The Bertz CT molecular complexity index is 729. The van der Waals surface area contributed by atoms with Gasteiger partial charge < -0.3 is 24.5 Å². The Morgan fingerprint density at radius 1 is 1.04 bits per heavy atom. The van der Waals surface area contributed by atoms with Crippen molar-refractivity contribution in [2.24, 2.45) is 5.73 Å². The number of hydrogen-bond donors (Lipinski definition) is 1. The molecule has 3 rings (SSSR count). The van der Waals surface area contributed by atoms with Crippen molar-refractivity contribution in [2.75, 3.05) is 21.3 Å². The zero-order chi connectivity index (χ0) is 17.9. The van der Waals surface area contributed by atoms with Crippen molar-refractivity contribution in [3.8, 4) is 17.2 Å². The van der Waals surface area contributed by atoms with E-state index in [-0.39, 0.29) is 12.4 Å². The van der Waals surface area contributed by atoms with Gasteiger partial charge in [0, 0.05) is 6.42 Å². The summed E-state index contributed by atoms with van der Waals surface area (Å²) in [7, 11) is 4.81. The average Bonchev–Trinajstić information content (AvgIpc) is 3.28. The number of rotatable bonds is 7. The first-order valence-corrected chi connectivity index (χ1v) is 8.51. The molecule has 1 aliphatic carbocycles. The number of ether oxygens (including phenoxy) is 3. The van der Waals surface area contributed by atoms with Gasteiger partial charge in [-0.2, -0.15) is 4.98 Å². The van der Waals surface area contributed by atoms with E-state index in [0.29, 0.717) is 41.8 Å². The Morgan fingerprint density at radius 2 is 1.73 bits per heavy atom. The Balaban J connectivity index is 0.00000243. The predicted octanol–water partition coefficient (Wildman–Crippen LogP) is 3.03. The number of nitrogens with zero attached hydrogens (tertiary/aromatic N) is 2. The number of halogens is 1. The third kappa shape index (κ3) is 3.88. The lowest BCUT2D eigenvalue weighted by atomic mass is 9.99. The molecule has 0 amide bonds. The van der Waals surface area contributed by atoms with Gasteiger partial charge in [-0.1, -0.05) is 24.1 Å². The second-order valence-electron chi connectivity index (χ2n) is 6.37. The van der Waals surface area contributed by atoms with E-state index in [0.717, 1.165) is 31.2 Å². The highest BCUT2D eigenvalue weighted by molar-refractivity contribution is 5.85. The first kappa shape index (κ1) is 20.3. The molecule has 0 atom stereocenters. The zero-order valence-electron chi connectivity index (χ0n) is 15.4. The van der Waals surface area contributed by atoms with Gasteiger partial charge in [0.25, 0.3) is 0 Å². The number of benzene rings is 1. The number of aryl methyl sites for hydroxylation is 2. The summed E-state index contributed by atoms with van der Waals surface area (Å²) in [6.07, 6.45) is 5.34. The van der Waals surface area contributed by atoms with E-state index < -0.39 is 5.54 Å². The van der Waals surface area contributed by atoms with E-state index in [4.69, 9.17) is 24.5 Å². The SMILES string of the molecule is COc1ccc(CCc2nc(C3(N)CCCC3)no2)c(OC)c1OC.Cl. The van der Waals surface area contributed by atoms with Gasteiger partial charge in [-0.05, 0) is 30.9 Å². The van der Waals surface area contributed by atoms with Crippen LogP contribution in [0, 0.1) is 0 Å². The van der Waals surface area contributed by atoms with Crippen LogP contribution in [-0.2, 0) is 18.4 Å². The fraction of sp³-hybridized carbons (Fsp3) is 0.556. The van der Waals surface area contributed by atoms with Crippen LogP contribution >= 0.6 is 12.4 Å². The van der Waals surface area contributed by atoms with E-state index in [1.165, 1.54) is 0 Å². The van der Waals surface area contributed by atoms with E-state index in [2.05, 4.69) is 10.1 Å². The number of aromatic nitrogens is 2. The van der Waals surface area contributed by atoms with Gasteiger partial charge in [-0.25, -0.2) is 0 Å². The molecule has 2 N–H and O–H groups in total. The van der Waals surface area contributed by atoms with Crippen molar-refractivity contribution >= 4 is 12.4 Å². The molecule has 0 unspecified atom stereocenters. The summed E-state index contributed by atoms with van der Waals surface area (Å²) in [5.41, 5.74) is 6.94. The molecule has 26 heavy (non-hydrogen) atoms. The Morgan fingerprint density at radius 3 is 2.35 bits per heavy atom. The molecule has 1 fully saturated rings. The van der Waals surface area contributed by atoms with Gasteiger partial charge >= 0.3 is 0 Å². The zero-order valence-corrected chi connectivity index (χ0v) is 16.2. The smallest absolute Gasteiger partial charge is 0.227 e. The topological polar surface area (TPSA) is 92.6 Å². The minimum Gasteiger partial charge on any atom is -0.493 e. The third-order valence-electron chi connectivity index (χ3n) is 4.80. The van der Waals surface area contributed by atoms with Crippen LogP contribution in [0.2, 0.25) is 0 Å². The minimum atomic E-state index is -0.428. The molecular weight excluding hydrogens is 358 g/mol. The predicted molar refractivity (Wildman–Crippen MR) is 99.4 cm³/mol. The lowest BCUT2D eigenvalue weighted by Gasteiger charge is -2.17. The van der Waals surface area contributed by atoms with Crippen LogP contribution in [0.5, 0.6) is 17.2 Å². The standard InChI is InChI=1S/C18H25N3O4.ClH/c1-22-13-8-6-12(15(23-2)16(13)24-3)7-9-14-20-17(21-25-14)18(19)10-4-5-11-18;/h6,8H,4-5,7,9-11,19H2,1-3H3;1H. The Labute approximate surface area is 159 Å². The van der Waals surface area contributed by atoms with Crippen LogP contribution in [0.15, 0.2) is 16.7 Å². The van der Waals surface area contributed by atoms with Crippen LogP contribution in [0.1, 0.15) is 43.0 Å². The highest BCUT2D eigenvalue weighted by Gasteiger charge is 2.35. The summed E-state index contributed by atoms with van der Waals surface area (Å²) in [4.78, 5) is 4.51. The van der Waals surface area contributed by atoms with E-state index in [1.54, 1.807) is 21.3 Å². The van der Waals surface area contributed by atoms with Crippen LogP contribution in [0.4, 0.5) is 0 Å². The summed E-state index contributed by atoms with van der Waals surface area (Å²) in [6, 6.07) is 3.82. The maximum Gasteiger partial charge on any atom is 0.227 e. The molecule has 0 aliphatic heterocycles. The van der Waals surface area contributed by atoms with E-state index >= 15 is 0 Å². The van der Waals surface area contributed by atoms with Crippen molar-refractivity contribution < 1.29 is 18.7 Å². The molecule has 1 heterocycles. The highest BCUT2D eigenvalue weighted by atomic mass is 35.5. The molecule has 1 saturated carbocycles. The van der Waals surface area contributed by atoms with E-state index in [1.807, 2.05) is 12.1 Å². The second kappa shape index (κ2) is 8.60. The Hall–Kier alpha value is -1.99. The second-order valence-corrected chi connectivity index (χ2v) is 6.37. The molecule has 2 aromatic rings. The lowest BCUT2D eigenvalue weighted by molar-refractivity contribution is 0.321. The largest absolute Gasteiger partial charge is 0.493 e. The summed E-state index contributed by atoms with van der Waals surface area (Å²) < 4.78 is 21.6. The van der Waals surface area contributed by atoms with Gasteiger partial charge in [-0.15, -0.1) is 12.4 Å². The monoisotopic (exact) mass is 383 g/mol. The quantitative estimate of drug-likeness (QED) is 0.785. The Kier molecular flexibility index (Phi) is 6.72. The van der Waals surface area contributed by atoms with E-state index in [9.17, 15) is 0 Å². The molecule has 1 aliphatic rings. The van der Waals surface area contributed by atoms with Crippen molar-refractivity contribution in [1.82, 2.24) is 10.1 Å². The van der Waals surface area contributed by atoms with Crippen molar-refractivity contribution in [3.63, 3.8) is 0 Å². The van der Waals surface area contributed by atoms with Crippen LogP contribution in [0.3, 0.4) is 0 Å². The number of methoxy groups -OCH3 is 3. The third-order valence-corrected chi connectivity index (χ3v) is 4.80. The van der Waals surface area contributed by atoms with Gasteiger partial charge in [0.2, 0.25) is 11.6 Å². The van der Waals surface area contributed by atoms with Gasteiger partial charge in [0.05, 0.1) is 26.9 Å². The van der Waals surface area contributed by atoms with Crippen LogP contribution in [0.25, 0.3) is 0 Å². The molecule has 1 aromatic carbocycles. The summed E-state index contributed by atoms with van der Waals surface area (Å²) >= 11 is 0. The molecule has 0 radical (unpaired) electrons. The van der Waals surface area contributed by atoms with Crippen molar-refractivity contribution in [3.05, 3.63) is 29.4 Å². The highest BCUT2D eigenvalue weighted by Crippen LogP contribution is 2.40. The normalized spacial score (nSPS) is 15.4. The lowest BCUT2D eigenvalue weighted by Crippen LogP contribution is -2.34. The molecule has 8 heteroatoms. The summed E-state index contributed by atoms with van der Waals surface area (Å²) in [5, 5.41) is 4.10. The van der Waals surface area contributed by atoms with Crippen molar-refractivity contribution in [2.45, 2.75) is 44.1 Å². The summed E-state index contributed by atoms with van der Waals surface area (Å²) in [5.74, 6) is 3.09. The molecule has 7 nitrogen and oxygen atoms in total. The molecular formula is C18H26ClN3O4. The molecule has 144 valence electrons. The van der Waals surface area contributed by atoms with Crippen LogP contribution < -0.4 is 19.9 Å². The van der Waals surface area contributed by atoms with Gasteiger partial charge in [0.1, 0.15) is 0 Å². The average molecular weight is 384 g/mol. The van der Waals surface area contributed by atoms with Crippen molar-refractivity contribution in [1.29, 1.82) is 0 Å². The minimum absolute atomic E-state index is 0. The van der Waals surface area contributed by atoms with Gasteiger partial charge in [-0.3, -0.25) is 0 Å². The summed E-state index contributed by atoms with van der Waals surface area (Å²) in [6.45, 7) is 0. The van der Waals surface area contributed by atoms with Crippen LogP contribution in [-0.4, -0.2) is 31.5 Å². The number of nitrogens with two attached hydrogens (primary N) is 1. The molecule has 0 spiro atoms. The maximum atomic E-state index is 6.38. The molecule has 0 bridgehead atoms. The first-order valence-electron chi connectivity index (χ1n) is 8.51. The van der Waals surface area contributed by atoms with Gasteiger partial charge in [0.15, 0.2) is 17.3 Å². The fourth-order valence-corrected chi connectivity index (χ4v) is 3.39. The maximum absolute atomic E-state index is 6.38. The molecule has 0 saturated heterocycles. The molecule has 1 aromatic heterocycles. The first-order chi connectivity index (χ1) is 12.1. The fourth-order valence-electron chi connectivity index (χ4n) is 3.39.